The fraction of sp³-hybridized carbons (Fsp3) is 0.333. The molecule has 1 fully saturated rings. The molecule has 1 saturated heterocycles. The highest BCUT2D eigenvalue weighted by molar-refractivity contribution is 7.89. The number of nitro groups is 1. The lowest BCUT2D eigenvalue weighted by Crippen LogP contribution is -2.48. The number of phenols is 1. The molecule has 0 bridgehead atoms. The molecule has 0 unspecified atom stereocenters. The summed E-state index contributed by atoms with van der Waals surface area (Å²) in [5.41, 5.74) is 2.03. The molecule has 0 saturated carbocycles. The van der Waals surface area contributed by atoms with Crippen molar-refractivity contribution in [2.45, 2.75) is 18.7 Å². The van der Waals surface area contributed by atoms with E-state index in [0.29, 0.717) is 18.8 Å². The van der Waals surface area contributed by atoms with Crippen LogP contribution in [0.3, 0.4) is 0 Å². The van der Waals surface area contributed by atoms with E-state index in [4.69, 9.17) is 0 Å². The van der Waals surface area contributed by atoms with Crippen molar-refractivity contribution in [3.05, 3.63) is 57.6 Å². The van der Waals surface area contributed by atoms with Crippen molar-refractivity contribution in [1.29, 1.82) is 0 Å². The lowest BCUT2D eigenvalue weighted by Gasteiger charge is -2.35. The lowest BCUT2D eigenvalue weighted by atomic mass is 10.1. The number of sulfonamides is 1. The van der Waals surface area contributed by atoms with E-state index in [2.05, 4.69) is 0 Å². The Balaban J connectivity index is 1.82. The summed E-state index contributed by atoms with van der Waals surface area (Å²) in [6, 6.07) is 9.47. The third kappa shape index (κ3) is 3.74. The number of anilines is 1. The first-order valence-electron chi connectivity index (χ1n) is 8.50. The highest BCUT2D eigenvalue weighted by atomic mass is 32.2. The Hall–Kier alpha value is -2.65. The van der Waals surface area contributed by atoms with Crippen molar-refractivity contribution in [3.8, 4) is 5.75 Å². The molecule has 1 N–H and O–H groups in total. The Kier molecular flexibility index (Phi) is 5.07. The predicted molar refractivity (Wildman–Crippen MR) is 102 cm³/mol. The van der Waals surface area contributed by atoms with E-state index in [-0.39, 0.29) is 29.4 Å². The molecule has 0 aromatic heterocycles. The largest absolute Gasteiger partial charge is 0.507 e. The van der Waals surface area contributed by atoms with Crippen molar-refractivity contribution in [3.63, 3.8) is 0 Å². The molecule has 27 heavy (non-hydrogen) atoms. The van der Waals surface area contributed by atoms with Crippen LogP contribution in [0.5, 0.6) is 5.75 Å². The summed E-state index contributed by atoms with van der Waals surface area (Å²) < 4.78 is 27.0. The van der Waals surface area contributed by atoms with Crippen molar-refractivity contribution >= 4 is 21.4 Å². The highest BCUT2D eigenvalue weighted by Gasteiger charge is 2.32. The van der Waals surface area contributed by atoms with Crippen LogP contribution in [0.15, 0.2) is 41.3 Å². The number of piperazine rings is 1. The molecule has 1 aliphatic heterocycles. The standard InChI is InChI=1S/C18H21N3O5S/c1-13-3-5-15(16(11-13)21(23)24)19-7-9-20(10-8-19)27(25,26)18-12-14(2)4-6-17(18)22/h3-6,11-12,22H,7-10H2,1-2H3. The van der Waals surface area contributed by atoms with Crippen LogP contribution in [0.1, 0.15) is 11.1 Å². The molecule has 2 aromatic carbocycles. The third-order valence-electron chi connectivity index (χ3n) is 4.64. The first kappa shape index (κ1) is 19.1. The molecule has 3 rings (SSSR count). The van der Waals surface area contributed by atoms with Gasteiger partial charge in [-0.1, -0.05) is 12.1 Å². The van der Waals surface area contributed by atoms with Crippen molar-refractivity contribution in [1.82, 2.24) is 4.31 Å². The second kappa shape index (κ2) is 7.16. The summed E-state index contributed by atoms with van der Waals surface area (Å²) >= 11 is 0. The molecule has 144 valence electrons. The van der Waals surface area contributed by atoms with Crippen LogP contribution >= 0.6 is 0 Å². The van der Waals surface area contributed by atoms with Crippen molar-refractivity contribution < 1.29 is 18.4 Å². The Labute approximate surface area is 157 Å². The number of nitrogens with zero attached hydrogens (tertiary/aromatic N) is 3. The van der Waals surface area contributed by atoms with E-state index < -0.39 is 14.9 Å². The van der Waals surface area contributed by atoms with Gasteiger partial charge in [0.1, 0.15) is 16.3 Å². The van der Waals surface area contributed by atoms with Crippen LogP contribution < -0.4 is 4.90 Å². The topological polar surface area (TPSA) is 104 Å². The minimum absolute atomic E-state index is 0.0163. The van der Waals surface area contributed by atoms with E-state index in [1.165, 1.54) is 22.5 Å². The monoisotopic (exact) mass is 391 g/mol. The molecule has 1 heterocycles. The minimum atomic E-state index is -3.83. The molecule has 0 aliphatic carbocycles. The van der Waals surface area contributed by atoms with Gasteiger partial charge in [0.2, 0.25) is 10.0 Å². The summed E-state index contributed by atoms with van der Waals surface area (Å²) in [7, 11) is -3.83. The maximum absolute atomic E-state index is 12.9. The average Bonchev–Trinajstić information content (AvgIpc) is 2.63. The number of benzene rings is 2. The number of hydrogen-bond donors (Lipinski definition) is 1. The molecule has 1 aliphatic rings. The van der Waals surface area contributed by atoms with E-state index in [1.807, 2.05) is 4.90 Å². The Bertz CT molecular complexity index is 982. The van der Waals surface area contributed by atoms with E-state index in [0.717, 1.165) is 11.1 Å². The molecular weight excluding hydrogens is 370 g/mol. The van der Waals surface area contributed by atoms with E-state index >= 15 is 0 Å². The number of phenolic OH excluding ortho intramolecular Hbond substituents is 1. The summed E-state index contributed by atoms with van der Waals surface area (Å²) in [4.78, 5) is 12.6. The lowest BCUT2D eigenvalue weighted by molar-refractivity contribution is -0.384. The van der Waals surface area contributed by atoms with Gasteiger partial charge in [-0.3, -0.25) is 10.1 Å². The zero-order valence-corrected chi connectivity index (χ0v) is 15.9. The van der Waals surface area contributed by atoms with Gasteiger partial charge in [-0.25, -0.2) is 8.42 Å². The van der Waals surface area contributed by atoms with Gasteiger partial charge in [-0.05, 0) is 43.2 Å². The number of aromatic hydroxyl groups is 1. The first-order valence-corrected chi connectivity index (χ1v) is 9.94. The second-order valence-corrected chi connectivity index (χ2v) is 8.52. The summed E-state index contributed by atoms with van der Waals surface area (Å²) in [5.74, 6) is -0.280. The van der Waals surface area contributed by atoms with Crippen LogP contribution in [-0.4, -0.2) is 48.9 Å². The third-order valence-corrected chi connectivity index (χ3v) is 6.57. The second-order valence-electron chi connectivity index (χ2n) is 6.61. The number of nitro benzene ring substituents is 1. The van der Waals surface area contributed by atoms with Crippen molar-refractivity contribution in [2.24, 2.45) is 0 Å². The Morgan fingerprint density at radius 2 is 1.59 bits per heavy atom. The molecular formula is C18H21N3O5S. The number of rotatable bonds is 4. The van der Waals surface area contributed by atoms with Gasteiger partial charge in [0.25, 0.3) is 5.69 Å². The van der Waals surface area contributed by atoms with E-state index in [1.54, 1.807) is 32.0 Å². The average molecular weight is 391 g/mol. The molecule has 2 aromatic rings. The van der Waals surface area contributed by atoms with Gasteiger partial charge in [0, 0.05) is 32.2 Å². The van der Waals surface area contributed by atoms with Gasteiger partial charge in [0.05, 0.1) is 4.92 Å². The summed E-state index contributed by atoms with van der Waals surface area (Å²) in [6.45, 7) is 4.56. The van der Waals surface area contributed by atoms with Gasteiger partial charge in [0.15, 0.2) is 0 Å². The zero-order valence-electron chi connectivity index (χ0n) is 15.1. The van der Waals surface area contributed by atoms with Crippen LogP contribution in [-0.2, 0) is 10.0 Å². The smallest absolute Gasteiger partial charge is 0.292 e. The molecule has 0 atom stereocenters. The van der Waals surface area contributed by atoms with E-state index in [9.17, 15) is 23.6 Å². The normalized spacial score (nSPS) is 15.7. The van der Waals surface area contributed by atoms with Crippen molar-refractivity contribution in [2.75, 3.05) is 31.1 Å². The molecule has 8 nitrogen and oxygen atoms in total. The summed E-state index contributed by atoms with van der Waals surface area (Å²) in [6.07, 6.45) is 0. The Morgan fingerprint density at radius 1 is 1.00 bits per heavy atom. The van der Waals surface area contributed by atoms with Crippen LogP contribution in [0.4, 0.5) is 11.4 Å². The quantitative estimate of drug-likeness (QED) is 0.634. The maximum Gasteiger partial charge on any atom is 0.292 e. The van der Waals surface area contributed by atoms with Gasteiger partial charge >= 0.3 is 0 Å². The number of aryl methyl sites for hydroxylation is 2. The van der Waals surface area contributed by atoms with Crippen LogP contribution in [0.2, 0.25) is 0 Å². The van der Waals surface area contributed by atoms with Gasteiger partial charge in [-0.2, -0.15) is 4.31 Å². The molecule has 9 heteroatoms. The minimum Gasteiger partial charge on any atom is -0.507 e. The molecule has 0 radical (unpaired) electrons. The summed E-state index contributed by atoms with van der Waals surface area (Å²) in [5, 5.41) is 21.3. The Morgan fingerprint density at radius 3 is 2.22 bits per heavy atom. The van der Waals surface area contributed by atoms with Gasteiger partial charge in [-0.15, -0.1) is 0 Å². The fourth-order valence-corrected chi connectivity index (χ4v) is 4.77. The molecule has 0 spiro atoms. The SMILES string of the molecule is Cc1ccc(N2CCN(S(=O)(=O)c3cc(C)ccc3O)CC2)c([N+](=O)[O-])c1. The first-order chi connectivity index (χ1) is 12.7. The fourth-order valence-electron chi connectivity index (χ4n) is 3.18. The highest BCUT2D eigenvalue weighted by Crippen LogP contribution is 2.32. The number of hydrogen-bond acceptors (Lipinski definition) is 6. The zero-order chi connectivity index (χ0) is 19.8. The van der Waals surface area contributed by atoms with Gasteiger partial charge < -0.3 is 10.0 Å². The van der Waals surface area contributed by atoms with Crippen LogP contribution in [0.25, 0.3) is 0 Å². The molecule has 0 amide bonds. The van der Waals surface area contributed by atoms with Crippen LogP contribution in [0, 0.1) is 24.0 Å². The maximum atomic E-state index is 12.9. The predicted octanol–water partition coefficient (Wildman–Crippen LogP) is 2.43.